The number of benzene rings is 1. The lowest BCUT2D eigenvalue weighted by Crippen LogP contribution is -2.58. The van der Waals surface area contributed by atoms with Crippen LogP contribution in [0.2, 0.25) is 0 Å². The van der Waals surface area contributed by atoms with Gasteiger partial charge in [-0.2, -0.15) is 0 Å². The molecule has 1 rings (SSSR count). The fourth-order valence-electron chi connectivity index (χ4n) is 4.41. The Morgan fingerprint density at radius 3 is 2.00 bits per heavy atom. The van der Waals surface area contributed by atoms with Gasteiger partial charge in [0.2, 0.25) is 11.8 Å². The lowest BCUT2D eigenvalue weighted by atomic mass is 9.71. The Morgan fingerprint density at radius 1 is 1.06 bits per heavy atom. The third kappa shape index (κ3) is 7.18. The van der Waals surface area contributed by atoms with Crippen molar-refractivity contribution in [3.63, 3.8) is 0 Å². The molecule has 0 radical (unpaired) electrons. The average Bonchev–Trinajstić information content (AvgIpc) is 2.74. The fourth-order valence-corrected chi connectivity index (χ4v) is 4.41. The summed E-state index contributed by atoms with van der Waals surface area (Å²) in [4.78, 5) is 40.2. The Labute approximate surface area is 205 Å². The number of carboxylic acid groups (broad SMARTS) is 1. The van der Waals surface area contributed by atoms with E-state index in [9.17, 15) is 19.5 Å². The molecule has 0 heterocycles. The largest absolute Gasteiger partial charge is 0.478 e. The molecule has 2 N–H and O–H groups in total. The monoisotopic (exact) mass is 472 g/mol. The summed E-state index contributed by atoms with van der Waals surface area (Å²) in [7, 11) is 1.68. The Kier molecular flexibility index (Phi) is 10.1. The molecule has 1 aromatic rings. The topological polar surface area (TPSA) is 86.7 Å². The number of hydrogen-bond acceptors (Lipinski definition) is 3. The number of carbonyl (C=O) groups is 3. The third-order valence-corrected chi connectivity index (χ3v) is 6.75. The van der Waals surface area contributed by atoms with Crippen LogP contribution >= 0.6 is 0 Å². The Morgan fingerprint density at radius 2 is 1.59 bits per heavy atom. The number of rotatable bonds is 10. The van der Waals surface area contributed by atoms with E-state index in [2.05, 4.69) is 19.2 Å². The first kappa shape index (κ1) is 29.4. The zero-order chi connectivity index (χ0) is 26.4. The van der Waals surface area contributed by atoms with E-state index in [1.807, 2.05) is 71.9 Å². The second-order valence-corrected chi connectivity index (χ2v) is 11.2. The van der Waals surface area contributed by atoms with Crippen molar-refractivity contribution in [2.45, 2.75) is 86.2 Å². The molecule has 0 fully saturated rings. The van der Waals surface area contributed by atoms with Crippen molar-refractivity contribution in [1.29, 1.82) is 0 Å². The summed E-state index contributed by atoms with van der Waals surface area (Å²) in [6.45, 7) is 17.3. The highest BCUT2D eigenvalue weighted by atomic mass is 16.4. The van der Waals surface area contributed by atoms with Gasteiger partial charge in [0.1, 0.15) is 6.04 Å². The van der Waals surface area contributed by atoms with E-state index in [1.54, 1.807) is 18.0 Å². The molecule has 190 valence electrons. The minimum atomic E-state index is -1.01. The molecular weight excluding hydrogens is 428 g/mol. The van der Waals surface area contributed by atoms with Crippen molar-refractivity contribution in [1.82, 2.24) is 10.2 Å². The maximum atomic E-state index is 13.7. The van der Waals surface area contributed by atoms with Gasteiger partial charge in [-0.15, -0.1) is 0 Å². The summed E-state index contributed by atoms with van der Waals surface area (Å²) < 4.78 is 0. The molecule has 34 heavy (non-hydrogen) atoms. The van der Waals surface area contributed by atoms with E-state index >= 15 is 0 Å². The minimum Gasteiger partial charge on any atom is -0.478 e. The van der Waals surface area contributed by atoms with E-state index in [1.165, 1.54) is 6.92 Å². The van der Waals surface area contributed by atoms with Gasteiger partial charge in [-0.05, 0) is 30.2 Å². The zero-order valence-electron chi connectivity index (χ0n) is 22.6. The van der Waals surface area contributed by atoms with Gasteiger partial charge in [0.25, 0.3) is 0 Å². The molecule has 2 amide bonds. The van der Waals surface area contributed by atoms with Crippen molar-refractivity contribution in [3.05, 3.63) is 47.5 Å². The summed E-state index contributed by atoms with van der Waals surface area (Å²) >= 11 is 0. The first-order valence-electron chi connectivity index (χ1n) is 12.1. The van der Waals surface area contributed by atoms with E-state index in [-0.39, 0.29) is 29.2 Å². The first-order chi connectivity index (χ1) is 15.5. The Balaban J connectivity index is 3.29. The number of nitrogens with zero attached hydrogens (tertiary/aromatic N) is 1. The molecule has 0 aromatic heterocycles. The highest BCUT2D eigenvalue weighted by Gasteiger charge is 2.41. The van der Waals surface area contributed by atoms with E-state index in [4.69, 9.17) is 0 Å². The zero-order valence-corrected chi connectivity index (χ0v) is 22.6. The molecule has 1 aromatic carbocycles. The smallest absolute Gasteiger partial charge is 0.331 e. The van der Waals surface area contributed by atoms with Crippen LogP contribution in [0.25, 0.3) is 0 Å². The maximum Gasteiger partial charge on any atom is 0.331 e. The number of aliphatic carboxylic acids is 1. The van der Waals surface area contributed by atoms with Gasteiger partial charge in [0, 0.05) is 24.0 Å². The molecule has 0 spiro atoms. The van der Waals surface area contributed by atoms with Gasteiger partial charge in [-0.3, -0.25) is 9.59 Å². The van der Waals surface area contributed by atoms with Crippen molar-refractivity contribution in [3.8, 4) is 0 Å². The van der Waals surface area contributed by atoms with Gasteiger partial charge in [0.05, 0.1) is 6.04 Å². The summed E-state index contributed by atoms with van der Waals surface area (Å²) in [6, 6.07) is 8.78. The van der Waals surface area contributed by atoms with Crippen LogP contribution in [-0.2, 0) is 19.8 Å². The minimum absolute atomic E-state index is 0.0000239. The predicted molar refractivity (Wildman–Crippen MR) is 137 cm³/mol. The molecular formula is C28H44N2O4. The third-order valence-electron chi connectivity index (χ3n) is 6.75. The number of carbonyl (C=O) groups excluding carboxylic acids is 2. The fraction of sp³-hybridized carbons (Fsp3) is 0.607. The van der Waals surface area contributed by atoms with Crippen molar-refractivity contribution in [2.75, 3.05) is 7.05 Å². The van der Waals surface area contributed by atoms with Gasteiger partial charge in [-0.1, -0.05) is 91.8 Å². The predicted octanol–water partition coefficient (Wildman–Crippen LogP) is 5.04. The molecule has 0 saturated heterocycles. The van der Waals surface area contributed by atoms with Gasteiger partial charge < -0.3 is 15.3 Å². The van der Waals surface area contributed by atoms with Crippen LogP contribution in [0.1, 0.15) is 74.3 Å². The maximum absolute atomic E-state index is 13.7. The molecule has 0 aliphatic rings. The summed E-state index contributed by atoms with van der Waals surface area (Å²) in [5.41, 5.74) is 0.301. The lowest BCUT2D eigenvalue weighted by molar-refractivity contribution is -0.141. The summed E-state index contributed by atoms with van der Waals surface area (Å²) in [5.74, 6) is -1.73. The molecule has 0 aliphatic heterocycles. The van der Waals surface area contributed by atoms with Crippen LogP contribution in [0.15, 0.2) is 42.0 Å². The van der Waals surface area contributed by atoms with Crippen LogP contribution in [0.3, 0.4) is 0 Å². The summed E-state index contributed by atoms with van der Waals surface area (Å²) in [6.07, 6.45) is 2.24. The van der Waals surface area contributed by atoms with Gasteiger partial charge >= 0.3 is 5.97 Å². The molecule has 6 nitrogen and oxygen atoms in total. The highest BCUT2D eigenvalue weighted by molar-refractivity contribution is 5.90. The van der Waals surface area contributed by atoms with E-state index < -0.39 is 28.9 Å². The van der Waals surface area contributed by atoms with Crippen LogP contribution in [-0.4, -0.2) is 46.9 Å². The van der Waals surface area contributed by atoms with E-state index in [0.717, 1.165) is 5.56 Å². The number of carboxylic acids is 1. The first-order valence-corrected chi connectivity index (χ1v) is 12.1. The van der Waals surface area contributed by atoms with Crippen LogP contribution in [0.4, 0.5) is 0 Å². The lowest BCUT2D eigenvalue weighted by Gasteiger charge is -2.39. The number of hydrogen-bond donors (Lipinski definition) is 2. The van der Waals surface area contributed by atoms with Crippen LogP contribution < -0.4 is 5.32 Å². The molecule has 3 atom stereocenters. The normalized spacial score (nSPS) is 15.4. The second-order valence-electron chi connectivity index (χ2n) is 11.2. The van der Waals surface area contributed by atoms with Crippen molar-refractivity contribution >= 4 is 17.8 Å². The number of amides is 2. The number of nitrogens with one attached hydrogen (secondary N) is 1. The van der Waals surface area contributed by atoms with Gasteiger partial charge in [-0.25, -0.2) is 4.79 Å². The summed E-state index contributed by atoms with van der Waals surface area (Å²) in [5, 5.41) is 12.4. The Bertz CT molecular complexity index is 881. The van der Waals surface area contributed by atoms with Gasteiger partial charge in [0.15, 0.2) is 0 Å². The molecule has 0 unspecified atom stereocenters. The second kappa shape index (κ2) is 11.7. The van der Waals surface area contributed by atoms with Crippen LogP contribution in [0.5, 0.6) is 0 Å². The highest BCUT2D eigenvalue weighted by Crippen LogP contribution is 2.34. The van der Waals surface area contributed by atoms with E-state index in [0.29, 0.717) is 6.42 Å². The number of likely N-dealkylation sites (N-methyl/N-ethyl adjacent to an activating group) is 1. The molecule has 0 bridgehead atoms. The SMILES string of the molecule is CC[C@@H](C(=O)N[C@H](C(=O)N(C)[C@H](/C=C(\C)C(=O)O)C(C)C)C(C)(C)C)C(C)(C)c1ccccc1. The standard InChI is InChI=1S/C28H44N2O4/c1-11-21(28(8,9)20-15-13-12-14-16-20)24(31)29-23(27(5,6)7)25(32)30(10)22(18(2)3)17-19(4)26(33)34/h12-18,21-23H,11H2,1-10H3,(H,29,31)(H,33,34)/b19-17+/t21-,22+,23+/m0/s1. The average molecular weight is 473 g/mol. The van der Waals surface area contributed by atoms with Crippen molar-refractivity contribution < 1.29 is 19.5 Å². The Hall–Kier alpha value is -2.63. The molecule has 0 saturated carbocycles. The molecule has 0 aliphatic carbocycles. The molecule has 6 heteroatoms. The quantitative estimate of drug-likeness (QED) is 0.467. The van der Waals surface area contributed by atoms with Crippen molar-refractivity contribution in [2.24, 2.45) is 17.3 Å². The van der Waals surface area contributed by atoms with Crippen LogP contribution in [0, 0.1) is 17.3 Å².